The SMILES string of the molecule is CNC(=O)NC(=O)[C@H](C)Oc1ccc(S(C)(=O)=O)cc1. The molecule has 0 fully saturated rings. The predicted molar refractivity (Wildman–Crippen MR) is 72.2 cm³/mol. The fraction of sp³-hybridized carbons (Fsp3) is 0.333. The Balaban J connectivity index is 2.69. The lowest BCUT2D eigenvalue weighted by atomic mass is 10.3. The summed E-state index contributed by atoms with van der Waals surface area (Å²) in [7, 11) is -1.88. The van der Waals surface area contributed by atoms with Crippen molar-refractivity contribution in [3.05, 3.63) is 24.3 Å². The number of nitrogens with one attached hydrogen (secondary N) is 2. The molecule has 7 nitrogen and oxygen atoms in total. The molecule has 3 amide bonds. The van der Waals surface area contributed by atoms with Crippen LogP contribution in [-0.4, -0.2) is 39.8 Å². The van der Waals surface area contributed by atoms with Crippen LogP contribution in [-0.2, 0) is 14.6 Å². The molecular weight excluding hydrogens is 284 g/mol. The lowest BCUT2D eigenvalue weighted by Gasteiger charge is -2.14. The van der Waals surface area contributed by atoms with Crippen molar-refractivity contribution in [1.29, 1.82) is 0 Å². The fourth-order valence-electron chi connectivity index (χ4n) is 1.30. The molecule has 8 heteroatoms. The first-order chi connectivity index (χ1) is 9.24. The average Bonchev–Trinajstić information content (AvgIpc) is 2.38. The van der Waals surface area contributed by atoms with E-state index < -0.39 is 27.9 Å². The largest absolute Gasteiger partial charge is 0.481 e. The number of carbonyl (C=O) groups excluding carboxylic acids is 2. The van der Waals surface area contributed by atoms with Crippen LogP contribution in [0.4, 0.5) is 4.79 Å². The van der Waals surface area contributed by atoms with E-state index in [4.69, 9.17) is 4.74 Å². The highest BCUT2D eigenvalue weighted by molar-refractivity contribution is 7.90. The first kappa shape index (κ1) is 16.0. The molecule has 0 aliphatic heterocycles. The number of sulfone groups is 1. The number of benzene rings is 1. The zero-order chi connectivity index (χ0) is 15.3. The maximum absolute atomic E-state index is 11.6. The van der Waals surface area contributed by atoms with Gasteiger partial charge < -0.3 is 10.1 Å². The normalized spacial score (nSPS) is 12.3. The minimum atomic E-state index is -3.27. The minimum Gasteiger partial charge on any atom is -0.481 e. The number of rotatable bonds is 4. The number of urea groups is 1. The van der Waals surface area contributed by atoms with E-state index in [9.17, 15) is 18.0 Å². The molecule has 1 rings (SSSR count). The standard InChI is InChI=1S/C12H16N2O5S/c1-8(11(15)14-12(16)13-2)19-9-4-6-10(7-5-9)20(3,17)18/h4-8H,1-3H3,(H2,13,14,15,16)/t8-/m0/s1. The van der Waals surface area contributed by atoms with E-state index in [0.29, 0.717) is 5.75 Å². The Morgan fingerprint density at radius 1 is 1.20 bits per heavy atom. The van der Waals surface area contributed by atoms with Gasteiger partial charge in [-0.2, -0.15) is 0 Å². The first-order valence-electron chi connectivity index (χ1n) is 5.73. The van der Waals surface area contributed by atoms with E-state index in [2.05, 4.69) is 10.6 Å². The van der Waals surface area contributed by atoms with Crippen LogP contribution >= 0.6 is 0 Å². The molecule has 1 atom stereocenters. The molecule has 0 unspecified atom stereocenters. The van der Waals surface area contributed by atoms with E-state index >= 15 is 0 Å². The molecule has 0 saturated heterocycles. The second-order valence-electron chi connectivity index (χ2n) is 4.07. The Morgan fingerprint density at radius 2 is 1.75 bits per heavy atom. The molecule has 0 aromatic heterocycles. The van der Waals surface area contributed by atoms with E-state index in [1.54, 1.807) is 0 Å². The molecule has 0 bridgehead atoms. The number of hydrogen-bond donors (Lipinski definition) is 2. The first-order valence-corrected chi connectivity index (χ1v) is 7.62. The van der Waals surface area contributed by atoms with Gasteiger partial charge in [0.25, 0.3) is 5.91 Å². The number of hydrogen-bond acceptors (Lipinski definition) is 5. The number of carbonyl (C=O) groups is 2. The van der Waals surface area contributed by atoms with Gasteiger partial charge in [0.2, 0.25) is 0 Å². The molecule has 0 heterocycles. The van der Waals surface area contributed by atoms with E-state index in [0.717, 1.165) is 6.26 Å². The molecule has 110 valence electrons. The van der Waals surface area contributed by atoms with Crippen molar-refractivity contribution in [2.24, 2.45) is 0 Å². The topological polar surface area (TPSA) is 102 Å². The molecular formula is C12H16N2O5S. The van der Waals surface area contributed by atoms with Crippen molar-refractivity contribution in [2.45, 2.75) is 17.9 Å². The second-order valence-corrected chi connectivity index (χ2v) is 6.09. The van der Waals surface area contributed by atoms with Gasteiger partial charge in [-0.15, -0.1) is 0 Å². The average molecular weight is 300 g/mol. The van der Waals surface area contributed by atoms with Crippen molar-refractivity contribution in [1.82, 2.24) is 10.6 Å². The Kier molecular flexibility index (Phi) is 5.09. The third-order valence-electron chi connectivity index (χ3n) is 2.40. The van der Waals surface area contributed by atoms with Crippen molar-refractivity contribution < 1.29 is 22.7 Å². The van der Waals surface area contributed by atoms with Crippen molar-refractivity contribution in [3.63, 3.8) is 0 Å². The third kappa shape index (κ3) is 4.54. The fourth-order valence-corrected chi connectivity index (χ4v) is 1.93. The summed E-state index contributed by atoms with van der Waals surface area (Å²) in [6.07, 6.45) is 0.207. The van der Waals surface area contributed by atoms with Gasteiger partial charge in [0.15, 0.2) is 15.9 Å². The number of imide groups is 1. The maximum Gasteiger partial charge on any atom is 0.321 e. The van der Waals surface area contributed by atoms with Crippen LogP contribution in [0.15, 0.2) is 29.2 Å². The van der Waals surface area contributed by atoms with Crippen LogP contribution < -0.4 is 15.4 Å². The van der Waals surface area contributed by atoms with Gasteiger partial charge in [-0.05, 0) is 31.2 Å². The molecule has 0 radical (unpaired) electrons. The lowest BCUT2D eigenvalue weighted by molar-refractivity contribution is -0.126. The van der Waals surface area contributed by atoms with Crippen LogP contribution in [0.3, 0.4) is 0 Å². The highest BCUT2D eigenvalue weighted by Gasteiger charge is 2.17. The molecule has 2 N–H and O–H groups in total. The number of amides is 3. The summed E-state index contributed by atoms with van der Waals surface area (Å²) < 4.78 is 27.9. The van der Waals surface area contributed by atoms with Gasteiger partial charge in [0.1, 0.15) is 5.75 Å². The zero-order valence-electron chi connectivity index (χ0n) is 11.3. The van der Waals surface area contributed by atoms with Gasteiger partial charge in [-0.3, -0.25) is 10.1 Å². The van der Waals surface area contributed by atoms with E-state index in [1.807, 2.05) is 0 Å². The van der Waals surface area contributed by atoms with Gasteiger partial charge in [-0.25, -0.2) is 13.2 Å². The highest BCUT2D eigenvalue weighted by Crippen LogP contribution is 2.17. The smallest absolute Gasteiger partial charge is 0.321 e. The van der Waals surface area contributed by atoms with Crippen LogP contribution in [0.2, 0.25) is 0 Å². The summed E-state index contributed by atoms with van der Waals surface area (Å²) in [5.41, 5.74) is 0. The Bertz CT molecular complexity index is 595. The van der Waals surface area contributed by atoms with Crippen LogP contribution in [0.1, 0.15) is 6.92 Å². The minimum absolute atomic E-state index is 0.160. The molecule has 1 aromatic rings. The summed E-state index contributed by atoms with van der Waals surface area (Å²) in [6, 6.07) is 5.03. The predicted octanol–water partition coefficient (Wildman–Crippen LogP) is 0.313. The van der Waals surface area contributed by atoms with Gasteiger partial charge in [0, 0.05) is 13.3 Å². The Morgan fingerprint density at radius 3 is 2.20 bits per heavy atom. The van der Waals surface area contributed by atoms with Crippen molar-refractivity contribution in [3.8, 4) is 5.75 Å². The van der Waals surface area contributed by atoms with Crippen LogP contribution in [0, 0.1) is 0 Å². The molecule has 20 heavy (non-hydrogen) atoms. The lowest BCUT2D eigenvalue weighted by Crippen LogP contribution is -2.43. The van der Waals surface area contributed by atoms with Gasteiger partial charge in [-0.1, -0.05) is 0 Å². The van der Waals surface area contributed by atoms with E-state index in [1.165, 1.54) is 38.2 Å². The second kappa shape index (κ2) is 6.38. The highest BCUT2D eigenvalue weighted by atomic mass is 32.2. The third-order valence-corrected chi connectivity index (χ3v) is 3.53. The van der Waals surface area contributed by atoms with Crippen molar-refractivity contribution >= 4 is 21.8 Å². The quantitative estimate of drug-likeness (QED) is 0.833. The molecule has 0 saturated carbocycles. The summed E-state index contributed by atoms with van der Waals surface area (Å²) in [4.78, 5) is 22.7. The zero-order valence-corrected chi connectivity index (χ0v) is 12.2. The summed E-state index contributed by atoms with van der Waals surface area (Å²) >= 11 is 0. The Hall–Kier alpha value is -2.09. The van der Waals surface area contributed by atoms with Crippen LogP contribution in [0.25, 0.3) is 0 Å². The molecule has 1 aromatic carbocycles. The molecule has 0 aliphatic rings. The van der Waals surface area contributed by atoms with E-state index in [-0.39, 0.29) is 4.90 Å². The summed E-state index contributed by atoms with van der Waals surface area (Å²) in [5, 5.41) is 4.32. The van der Waals surface area contributed by atoms with Gasteiger partial charge >= 0.3 is 6.03 Å². The summed E-state index contributed by atoms with van der Waals surface area (Å²) in [5.74, 6) is -0.270. The Labute approximate surface area is 117 Å². The molecule has 0 spiro atoms. The molecule has 0 aliphatic carbocycles. The maximum atomic E-state index is 11.6. The monoisotopic (exact) mass is 300 g/mol. The summed E-state index contributed by atoms with van der Waals surface area (Å²) in [6.45, 7) is 1.47. The van der Waals surface area contributed by atoms with Crippen LogP contribution in [0.5, 0.6) is 5.75 Å². The van der Waals surface area contributed by atoms with Gasteiger partial charge in [0.05, 0.1) is 4.90 Å². The van der Waals surface area contributed by atoms with Crippen molar-refractivity contribution in [2.75, 3.05) is 13.3 Å². The number of ether oxygens (including phenoxy) is 1.